The monoisotopic (exact) mass is 240 g/mol. The van der Waals surface area contributed by atoms with Gasteiger partial charge >= 0.3 is 0 Å². The summed E-state index contributed by atoms with van der Waals surface area (Å²) in [6, 6.07) is 0.691. The molecule has 0 aliphatic carbocycles. The molecule has 17 heavy (non-hydrogen) atoms. The summed E-state index contributed by atoms with van der Waals surface area (Å²) in [7, 11) is 0. The largest absolute Gasteiger partial charge is 0.377 e. The minimum atomic E-state index is 0.292. The Hall–Kier alpha value is -0.610. The standard InChI is InChI=1S/C13H24N2O2/c1-2-12-10-17-8-7-15(12)13(16)9-11-5-3-4-6-14-11/h11-12,14H,2-10H2,1H3. The smallest absolute Gasteiger partial charge is 0.224 e. The fraction of sp³-hybridized carbons (Fsp3) is 0.923. The van der Waals surface area contributed by atoms with Gasteiger partial charge in [0.1, 0.15) is 0 Å². The van der Waals surface area contributed by atoms with Crippen LogP contribution in [0.5, 0.6) is 0 Å². The van der Waals surface area contributed by atoms with E-state index in [1.54, 1.807) is 0 Å². The van der Waals surface area contributed by atoms with Crippen LogP contribution in [0.15, 0.2) is 0 Å². The average Bonchev–Trinajstić information content (AvgIpc) is 2.40. The lowest BCUT2D eigenvalue weighted by molar-refractivity contribution is -0.140. The van der Waals surface area contributed by atoms with E-state index in [4.69, 9.17) is 4.74 Å². The summed E-state index contributed by atoms with van der Waals surface area (Å²) in [5.41, 5.74) is 0. The highest BCUT2D eigenvalue weighted by Crippen LogP contribution is 2.16. The summed E-state index contributed by atoms with van der Waals surface area (Å²) in [4.78, 5) is 14.3. The first-order valence-corrected chi connectivity index (χ1v) is 6.92. The van der Waals surface area contributed by atoms with Crippen LogP contribution in [-0.4, -0.2) is 49.2 Å². The number of amides is 1. The molecule has 0 saturated carbocycles. The number of carbonyl (C=O) groups excluding carboxylic acids is 1. The van der Waals surface area contributed by atoms with E-state index >= 15 is 0 Å². The molecule has 0 radical (unpaired) electrons. The second-order valence-corrected chi connectivity index (χ2v) is 5.08. The minimum Gasteiger partial charge on any atom is -0.377 e. The molecule has 2 fully saturated rings. The van der Waals surface area contributed by atoms with Crippen molar-refractivity contribution in [1.82, 2.24) is 10.2 Å². The van der Waals surface area contributed by atoms with Crippen LogP contribution in [0.2, 0.25) is 0 Å². The van der Waals surface area contributed by atoms with Gasteiger partial charge in [-0.1, -0.05) is 13.3 Å². The van der Waals surface area contributed by atoms with E-state index in [1.807, 2.05) is 4.90 Å². The van der Waals surface area contributed by atoms with E-state index in [0.29, 0.717) is 37.6 Å². The summed E-state index contributed by atoms with van der Waals surface area (Å²) < 4.78 is 5.43. The number of hydrogen-bond acceptors (Lipinski definition) is 3. The molecule has 2 aliphatic heterocycles. The summed E-state index contributed by atoms with van der Waals surface area (Å²) >= 11 is 0. The molecule has 98 valence electrons. The van der Waals surface area contributed by atoms with E-state index in [0.717, 1.165) is 25.9 Å². The summed E-state index contributed by atoms with van der Waals surface area (Å²) in [5.74, 6) is 0.305. The lowest BCUT2D eigenvalue weighted by Crippen LogP contribution is -2.50. The summed E-state index contributed by atoms with van der Waals surface area (Å²) in [5, 5.41) is 3.44. The van der Waals surface area contributed by atoms with Crippen molar-refractivity contribution < 1.29 is 9.53 Å². The molecular weight excluding hydrogens is 216 g/mol. The van der Waals surface area contributed by atoms with Gasteiger partial charge in [0.25, 0.3) is 0 Å². The molecular formula is C13H24N2O2. The molecule has 2 atom stereocenters. The third-order valence-corrected chi connectivity index (χ3v) is 3.85. The Balaban J connectivity index is 1.84. The van der Waals surface area contributed by atoms with Crippen molar-refractivity contribution in [3.8, 4) is 0 Å². The van der Waals surface area contributed by atoms with E-state index < -0.39 is 0 Å². The summed E-state index contributed by atoms with van der Waals surface area (Å²) in [6.45, 7) is 5.36. The molecule has 4 nitrogen and oxygen atoms in total. The molecule has 0 bridgehead atoms. The maximum atomic E-state index is 12.3. The highest BCUT2D eigenvalue weighted by molar-refractivity contribution is 5.77. The van der Waals surface area contributed by atoms with E-state index in [-0.39, 0.29) is 0 Å². The Morgan fingerprint density at radius 1 is 1.47 bits per heavy atom. The van der Waals surface area contributed by atoms with Gasteiger partial charge in [0.2, 0.25) is 5.91 Å². The number of ether oxygens (including phenoxy) is 1. The Morgan fingerprint density at radius 3 is 3.06 bits per heavy atom. The zero-order valence-electron chi connectivity index (χ0n) is 10.8. The van der Waals surface area contributed by atoms with Crippen LogP contribution in [0.4, 0.5) is 0 Å². The molecule has 0 aromatic carbocycles. The normalized spacial score (nSPS) is 30.3. The van der Waals surface area contributed by atoms with Gasteiger partial charge in [-0.05, 0) is 25.8 Å². The third kappa shape index (κ3) is 3.42. The number of rotatable bonds is 3. The van der Waals surface area contributed by atoms with Crippen LogP contribution in [-0.2, 0) is 9.53 Å². The van der Waals surface area contributed by atoms with Crippen LogP contribution in [0.1, 0.15) is 39.0 Å². The highest BCUT2D eigenvalue weighted by Gasteiger charge is 2.27. The van der Waals surface area contributed by atoms with Crippen LogP contribution < -0.4 is 5.32 Å². The second-order valence-electron chi connectivity index (χ2n) is 5.08. The van der Waals surface area contributed by atoms with Crippen molar-refractivity contribution in [2.75, 3.05) is 26.3 Å². The number of nitrogens with zero attached hydrogens (tertiary/aromatic N) is 1. The molecule has 1 amide bonds. The zero-order valence-corrected chi connectivity index (χ0v) is 10.8. The Kier molecular flexibility index (Phi) is 4.80. The van der Waals surface area contributed by atoms with Gasteiger partial charge in [0.05, 0.1) is 19.3 Å². The van der Waals surface area contributed by atoms with E-state index in [2.05, 4.69) is 12.2 Å². The highest BCUT2D eigenvalue weighted by atomic mass is 16.5. The zero-order chi connectivity index (χ0) is 12.1. The first-order chi connectivity index (χ1) is 8.31. The van der Waals surface area contributed by atoms with Crippen molar-refractivity contribution in [2.24, 2.45) is 0 Å². The van der Waals surface area contributed by atoms with E-state index in [9.17, 15) is 4.79 Å². The molecule has 2 rings (SSSR count). The third-order valence-electron chi connectivity index (χ3n) is 3.85. The van der Waals surface area contributed by atoms with Crippen molar-refractivity contribution in [3.63, 3.8) is 0 Å². The average molecular weight is 240 g/mol. The predicted octanol–water partition coefficient (Wildman–Crippen LogP) is 1.16. The number of nitrogens with one attached hydrogen (secondary N) is 1. The fourth-order valence-corrected chi connectivity index (χ4v) is 2.75. The van der Waals surface area contributed by atoms with Gasteiger partial charge in [-0.2, -0.15) is 0 Å². The van der Waals surface area contributed by atoms with Crippen LogP contribution in [0.3, 0.4) is 0 Å². The Bertz CT molecular complexity index is 252. The number of piperidine rings is 1. The number of carbonyl (C=O) groups is 1. The first-order valence-electron chi connectivity index (χ1n) is 6.92. The van der Waals surface area contributed by atoms with Crippen molar-refractivity contribution in [3.05, 3.63) is 0 Å². The van der Waals surface area contributed by atoms with Gasteiger partial charge in [-0.25, -0.2) is 0 Å². The molecule has 4 heteroatoms. The molecule has 0 aromatic rings. The van der Waals surface area contributed by atoms with Gasteiger partial charge in [0, 0.05) is 19.0 Å². The van der Waals surface area contributed by atoms with Crippen LogP contribution in [0.25, 0.3) is 0 Å². The van der Waals surface area contributed by atoms with Crippen molar-refractivity contribution in [1.29, 1.82) is 0 Å². The van der Waals surface area contributed by atoms with Crippen LogP contribution >= 0.6 is 0 Å². The van der Waals surface area contributed by atoms with E-state index in [1.165, 1.54) is 12.8 Å². The molecule has 2 unspecified atom stereocenters. The Morgan fingerprint density at radius 2 is 2.35 bits per heavy atom. The molecule has 1 N–H and O–H groups in total. The lowest BCUT2D eigenvalue weighted by Gasteiger charge is -2.36. The number of hydrogen-bond donors (Lipinski definition) is 1. The topological polar surface area (TPSA) is 41.6 Å². The molecule has 2 aliphatic rings. The SMILES string of the molecule is CCC1COCCN1C(=O)CC1CCCCN1. The summed E-state index contributed by atoms with van der Waals surface area (Å²) in [6.07, 6.45) is 5.30. The second kappa shape index (κ2) is 6.36. The quantitative estimate of drug-likeness (QED) is 0.805. The maximum Gasteiger partial charge on any atom is 0.224 e. The maximum absolute atomic E-state index is 12.3. The Labute approximate surface area is 104 Å². The van der Waals surface area contributed by atoms with Crippen molar-refractivity contribution in [2.45, 2.75) is 51.1 Å². The molecule has 2 saturated heterocycles. The lowest BCUT2D eigenvalue weighted by atomic mass is 10.0. The van der Waals surface area contributed by atoms with Gasteiger partial charge in [-0.3, -0.25) is 4.79 Å². The van der Waals surface area contributed by atoms with Crippen molar-refractivity contribution >= 4 is 5.91 Å². The van der Waals surface area contributed by atoms with Gasteiger partial charge in [-0.15, -0.1) is 0 Å². The predicted molar refractivity (Wildman–Crippen MR) is 66.9 cm³/mol. The number of morpholine rings is 1. The molecule has 2 heterocycles. The van der Waals surface area contributed by atoms with Gasteiger partial charge < -0.3 is 15.0 Å². The first kappa shape index (κ1) is 12.8. The fourth-order valence-electron chi connectivity index (χ4n) is 2.75. The molecule has 0 spiro atoms. The van der Waals surface area contributed by atoms with Crippen LogP contribution in [0, 0.1) is 0 Å². The minimum absolute atomic E-state index is 0.292. The van der Waals surface area contributed by atoms with Gasteiger partial charge in [0.15, 0.2) is 0 Å². The molecule has 0 aromatic heterocycles.